The fourth-order valence-corrected chi connectivity index (χ4v) is 9.18. The van der Waals surface area contributed by atoms with Crippen LogP contribution in [0, 0.1) is 52.3 Å². The zero-order valence-corrected chi connectivity index (χ0v) is 19.9. The second kappa shape index (κ2) is 8.19. The number of nitrogens with zero attached hydrogens (tertiary/aromatic N) is 1. The molecule has 4 fully saturated rings. The summed E-state index contributed by atoms with van der Waals surface area (Å²) in [6.45, 7) is 12.6. The van der Waals surface area contributed by atoms with Gasteiger partial charge in [-0.05, 0) is 110 Å². The molecule has 4 rings (SSSR count). The fourth-order valence-electron chi connectivity index (χ4n) is 9.18. The summed E-state index contributed by atoms with van der Waals surface area (Å²) in [5, 5.41) is 12.9. The van der Waals surface area contributed by atoms with Gasteiger partial charge in [0.05, 0.1) is 5.71 Å². The predicted octanol–water partition coefficient (Wildman–Crippen LogP) is 7.94. The summed E-state index contributed by atoms with van der Waals surface area (Å²) >= 11 is 0. The summed E-state index contributed by atoms with van der Waals surface area (Å²) < 4.78 is 0. The van der Waals surface area contributed by atoms with Crippen LogP contribution in [-0.4, -0.2) is 10.9 Å². The molecule has 0 spiro atoms. The van der Waals surface area contributed by atoms with Crippen LogP contribution in [0.2, 0.25) is 0 Å². The van der Waals surface area contributed by atoms with E-state index in [1.807, 2.05) is 0 Å². The second-order valence-electron chi connectivity index (χ2n) is 12.6. The largest absolute Gasteiger partial charge is 0.411 e. The Labute approximate surface area is 180 Å². The van der Waals surface area contributed by atoms with Gasteiger partial charge in [-0.15, -0.1) is 0 Å². The molecule has 0 bridgehead atoms. The Hall–Kier alpha value is -0.530. The number of rotatable bonds is 5. The van der Waals surface area contributed by atoms with Gasteiger partial charge in [-0.1, -0.05) is 59.0 Å². The van der Waals surface area contributed by atoms with Crippen molar-refractivity contribution in [3.05, 3.63) is 0 Å². The third-order valence-electron chi connectivity index (χ3n) is 10.8. The molecule has 0 heterocycles. The zero-order chi connectivity index (χ0) is 20.8. The van der Waals surface area contributed by atoms with Crippen LogP contribution in [0.25, 0.3) is 0 Å². The number of fused-ring (bicyclic) bond motifs is 5. The van der Waals surface area contributed by atoms with Gasteiger partial charge in [-0.2, -0.15) is 0 Å². The Morgan fingerprint density at radius 1 is 0.931 bits per heavy atom. The molecule has 0 radical (unpaired) electrons. The highest BCUT2D eigenvalue weighted by atomic mass is 16.4. The average molecular weight is 402 g/mol. The molecule has 4 aliphatic carbocycles. The first kappa shape index (κ1) is 21.7. The van der Waals surface area contributed by atoms with Gasteiger partial charge in [-0.25, -0.2) is 0 Å². The monoisotopic (exact) mass is 401 g/mol. The molecule has 0 amide bonds. The van der Waals surface area contributed by atoms with Crippen LogP contribution in [0.15, 0.2) is 5.16 Å². The lowest BCUT2D eigenvalue weighted by Crippen LogP contribution is -2.53. The van der Waals surface area contributed by atoms with Crippen LogP contribution in [0.3, 0.4) is 0 Å². The summed E-state index contributed by atoms with van der Waals surface area (Å²) in [7, 11) is 0. The van der Waals surface area contributed by atoms with Crippen molar-refractivity contribution in [2.24, 2.45) is 57.4 Å². The molecule has 1 N–H and O–H groups in total. The Morgan fingerprint density at radius 2 is 1.69 bits per heavy atom. The third kappa shape index (κ3) is 3.69. The van der Waals surface area contributed by atoms with Gasteiger partial charge in [0.15, 0.2) is 0 Å². The molecule has 166 valence electrons. The molecular weight excluding hydrogens is 354 g/mol. The van der Waals surface area contributed by atoms with E-state index in [2.05, 4.69) is 39.8 Å². The van der Waals surface area contributed by atoms with Crippen molar-refractivity contribution >= 4 is 5.71 Å². The summed E-state index contributed by atoms with van der Waals surface area (Å²) in [5.74, 6) is 6.36. The minimum Gasteiger partial charge on any atom is -0.411 e. The van der Waals surface area contributed by atoms with E-state index in [9.17, 15) is 5.21 Å². The normalized spacial score (nSPS) is 47.0. The smallest absolute Gasteiger partial charge is 0.0574 e. The molecule has 29 heavy (non-hydrogen) atoms. The van der Waals surface area contributed by atoms with Gasteiger partial charge in [0.2, 0.25) is 0 Å². The summed E-state index contributed by atoms with van der Waals surface area (Å²) in [6, 6.07) is 0. The Kier molecular flexibility index (Phi) is 6.13. The Morgan fingerprint density at radius 3 is 2.41 bits per heavy atom. The van der Waals surface area contributed by atoms with E-state index in [1.165, 1.54) is 64.2 Å². The molecule has 2 heteroatoms. The molecule has 0 saturated heterocycles. The van der Waals surface area contributed by atoms with E-state index in [0.29, 0.717) is 10.8 Å². The van der Waals surface area contributed by atoms with E-state index >= 15 is 0 Å². The van der Waals surface area contributed by atoms with Crippen molar-refractivity contribution < 1.29 is 5.21 Å². The molecule has 0 aromatic rings. The van der Waals surface area contributed by atoms with Crippen LogP contribution >= 0.6 is 0 Å². The minimum atomic E-state index is 0.499. The van der Waals surface area contributed by atoms with E-state index in [4.69, 9.17) is 0 Å². The second-order valence-corrected chi connectivity index (χ2v) is 12.6. The molecule has 8 atom stereocenters. The van der Waals surface area contributed by atoms with Crippen LogP contribution in [-0.2, 0) is 0 Å². The standard InChI is InChI=1S/C27H47NO/c1-18(2)7-6-8-19(3)23-11-12-24-22-10-9-20-17-21(28-29)13-15-26(20,4)25(22)14-16-27(23,24)5/h18-20,22-25,29H,6-17H2,1-5H3/b28-21+/t19-,20+,22?,23?,24?,25?,26?,27?/m1/s1. The molecule has 0 aromatic heterocycles. The first-order valence-electron chi connectivity index (χ1n) is 13.0. The predicted molar refractivity (Wildman–Crippen MR) is 122 cm³/mol. The highest BCUT2D eigenvalue weighted by molar-refractivity contribution is 5.85. The summed E-state index contributed by atoms with van der Waals surface area (Å²) in [4.78, 5) is 0. The lowest BCUT2D eigenvalue weighted by Gasteiger charge is -2.60. The first-order chi connectivity index (χ1) is 13.8. The number of oxime groups is 1. The fraction of sp³-hybridized carbons (Fsp3) is 0.963. The lowest BCUT2D eigenvalue weighted by atomic mass is 9.44. The van der Waals surface area contributed by atoms with Crippen molar-refractivity contribution in [2.45, 2.75) is 112 Å². The van der Waals surface area contributed by atoms with E-state index in [0.717, 1.165) is 60.0 Å². The molecule has 4 aliphatic rings. The lowest BCUT2D eigenvalue weighted by molar-refractivity contribution is -0.105. The van der Waals surface area contributed by atoms with Gasteiger partial charge in [0.25, 0.3) is 0 Å². The van der Waals surface area contributed by atoms with Crippen molar-refractivity contribution in [3.8, 4) is 0 Å². The number of hydrogen-bond donors (Lipinski definition) is 1. The van der Waals surface area contributed by atoms with Crippen LogP contribution in [0.5, 0.6) is 0 Å². The summed E-state index contributed by atoms with van der Waals surface area (Å²) in [5.41, 5.74) is 2.18. The van der Waals surface area contributed by atoms with Crippen molar-refractivity contribution in [1.82, 2.24) is 0 Å². The van der Waals surface area contributed by atoms with Gasteiger partial charge in [0, 0.05) is 0 Å². The highest BCUT2D eigenvalue weighted by Gasteiger charge is 2.60. The van der Waals surface area contributed by atoms with Crippen LogP contribution < -0.4 is 0 Å². The van der Waals surface area contributed by atoms with Crippen molar-refractivity contribution in [3.63, 3.8) is 0 Å². The maximum atomic E-state index is 9.32. The maximum absolute atomic E-state index is 9.32. The maximum Gasteiger partial charge on any atom is 0.0574 e. The van der Waals surface area contributed by atoms with E-state index < -0.39 is 0 Å². The van der Waals surface area contributed by atoms with E-state index in [1.54, 1.807) is 0 Å². The molecule has 0 aliphatic heterocycles. The summed E-state index contributed by atoms with van der Waals surface area (Å²) in [6.07, 6.45) is 16.4. The van der Waals surface area contributed by atoms with Gasteiger partial charge < -0.3 is 5.21 Å². The van der Waals surface area contributed by atoms with Crippen molar-refractivity contribution in [1.29, 1.82) is 0 Å². The van der Waals surface area contributed by atoms with Gasteiger partial charge >= 0.3 is 0 Å². The topological polar surface area (TPSA) is 32.6 Å². The molecule has 0 aromatic carbocycles. The van der Waals surface area contributed by atoms with Crippen LogP contribution in [0.4, 0.5) is 0 Å². The van der Waals surface area contributed by atoms with Gasteiger partial charge in [0.1, 0.15) is 0 Å². The first-order valence-corrected chi connectivity index (χ1v) is 13.0. The van der Waals surface area contributed by atoms with Crippen LogP contribution in [0.1, 0.15) is 112 Å². The van der Waals surface area contributed by atoms with Gasteiger partial charge in [-0.3, -0.25) is 0 Å². The number of hydrogen-bond acceptors (Lipinski definition) is 2. The molecular formula is C27H47NO. The van der Waals surface area contributed by atoms with Crippen molar-refractivity contribution in [2.75, 3.05) is 0 Å². The Bertz CT molecular complexity index is 612. The zero-order valence-electron chi connectivity index (χ0n) is 19.9. The SMILES string of the molecule is CC(C)CCC[C@@H](C)C1CCC2C3CC[C@H]4C/C(=N/O)CCC4(C)C3CCC21C. The molecule has 6 unspecified atom stereocenters. The minimum absolute atomic E-state index is 0.499. The quantitative estimate of drug-likeness (QED) is 0.368. The van der Waals surface area contributed by atoms with E-state index in [-0.39, 0.29) is 0 Å². The molecule has 4 saturated carbocycles. The average Bonchev–Trinajstić information content (AvgIpc) is 3.04. The third-order valence-corrected chi connectivity index (χ3v) is 10.8. The highest BCUT2D eigenvalue weighted by Crippen LogP contribution is 2.68. The Balaban J connectivity index is 1.46. The molecule has 2 nitrogen and oxygen atoms in total.